The molecule has 1 amide bonds. The first-order chi connectivity index (χ1) is 14.7. The van der Waals surface area contributed by atoms with Gasteiger partial charge < -0.3 is 4.74 Å². The lowest BCUT2D eigenvalue weighted by atomic mass is 10.0. The molecule has 0 saturated carbocycles. The summed E-state index contributed by atoms with van der Waals surface area (Å²) in [6.07, 6.45) is 2.41. The zero-order valence-electron chi connectivity index (χ0n) is 16.3. The van der Waals surface area contributed by atoms with Gasteiger partial charge in [0.1, 0.15) is 0 Å². The van der Waals surface area contributed by atoms with Crippen LogP contribution in [0.5, 0.6) is 0 Å². The maximum atomic E-state index is 13.4. The monoisotopic (exact) mass is 399 g/mol. The van der Waals surface area contributed by atoms with Crippen LogP contribution in [0.3, 0.4) is 0 Å². The highest BCUT2D eigenvalue weighted by Crippen LogP contribution is 2.31. The third-order valence-corrected chi connectivity index (χ3v) is 4.80. The lowest BCUT2D eigenvalue weighted by molar-refractivity contribution is -0.206. The summed E-state index contributed by atoms with van der Waals surface area (Å²) >= 11 is 0. The molecular weight excluding hydrogens is 378 g/mol. The average molecular weight is 399 g/mol. The molecule has 1 aliphatic heterocycles. The number of benzene rings is 3. The van der Waals surface area contributed by atoms with Crippen LogP contribution in [0, 0.1) is 0 Å². The minimum atomic E-state index is -1.02. The van der Waals surface area contributed by atoms with E-state index in [0.29, 0.717) is 5.56 Å². The van der Waals surface area contributed by atoms with Crippen molar-refractivity contribution in [1.82, 2.24) is 5.06 Å². The van der Waals surface area contributed by atoms with Gasteiger partial charge in [0.25, 0.3) is 5.91 Å². The first kappa shape index (κ1) is 19.6. The molecule has 0 aromatic heterocycles. The summed E-state index contributed by atoms with van der Waals surface area (Å²) in [5, 5.41) is 1.09. The molecule has 0 unspecified atom stereocenters. The van der Waals surface area contributed by atoms with Crippen LogP contribution < -0.4 is 0 Å². The van der Waals surface area contributed by atoms with Gasteiger partial charge in [-0.25, -0.2) is 4.79 Å². The topological polar surface area (TPSA) is 55.8 Å². The highest BCUT2D eigenvalue weighted by Gasteiger charge is 2.36. The highest BCUT2D eigenvalue weighted by molar-refractivity contribution is 5.91. The van der Waals surface area contributed by atoms with E-state index in [1.807, 2.05) is 78.9 Å². The number of nitrogens with zero attached hydrogens (tertiary/aromatic N) is 1. The van der Waals surface area contributed by atoms with Crippen LogP contribution in [0.2, 0.25) is 0 Å². The van der Waals surface area contributed by atoms with E-state index < -0.39 is 24.0 Å². The SMILES string of the molecule is O=C(OC(c1ccccc1)c1ccccc1)[C@@H](c1ccccc1)N1OCC=CC1=O. The molecule has 1 atom stereocenters. The number of carbonyl (C=O) groups is 2. The zero-order valence-corrected chi connectivity index (χ0v) is 16.3. The quantitative estimate of drug-likeness (QED) is 0.577. The van der Waals surface area contributed by atoms with Crippen LogP contribution >= 0.6 is 0 Å². The predicted octanol–water partition coefficient (Wildman–Crippen LogP) is 4.39. The Kier molecular flexibility index (Phi) is 6.01. The second-order valence-corrected chi connectivity index (χ2v) is 6.81. The summed E-state index contributed by atoms with van der Waals surface area (Å²) < 4.78 is 6.00. The fourth-order valence-corrected chi connectivity index (χ4v) is 3.38. The highest BCUT2D eigenvalue weighted by atomic mass is 16.7. The molecule has 0 N–H and O–H groups in total. The second-order valence-electron chi connectivity index (χ2n) is 6.81. The van der Waals surface area contributed by atoms with E-state index in [1.165, 1.54) is 6.08 Å². The maximum absolute atomic E-state index is 13.4. The van der Waals surface area contributed by atoms with Gasteiger partial charge in [0.05, 0.1) is 6.61 Å². The van der Waals surface area contributed by atoms with E-state index in [9.17, 15) is 9.59 Å². The lowest BCUT2D eigenvalue weighted by Crippen LogP contribution is -2.41. The van der Waals surface area contributed by atoms with E-state index in [4.69, 9.17) is 9.57 Å². The van der Waals surface area contributed by atoms with Crippen LogP contribution in [0.1, 0.15) is 28.8 Å². The van der Waals surface area contributed by atoms with Crippen molar-refractivity contribution in [3.63, 3.8) is 0 Å². The molecule has 4 rings (SSSR count). The van der Waals surface area contributed by atoms with Crippen molar-refractivity contribution in [3.8, 4) is 0 Å². The van der Waals surface area contributed by atoms with Gasteiger partial charge in [0, 0.05) is 6.08 Å². The number of hydrogen-bond acceptors (Lipinski definition) is 4. The summed E-state index contributed by atoms with van der Waals surface area (Å²) in [7, 11) is 0. The summed E-state index contributed by atoms with van der Waals surface area (Å²) in [6.45, 7) is 0.211. The van der Waals surface area contributed by atoms with E-state index in [1.54, 1.807) is 18.2 Å². The Morgan fingerprint density at radius 3 is 1.80 bits per heavy atom. The Labute approximate surface area is 175 Å². The van der Waals surface area contributed by atoms with Gasteiger partial charge in [0.15, 0.2) is 12.1 Å². The average Bonchev–Trinajstić information content (AvgIpc) is 2.81. The normalized spacial score (nSPS) is 14.6. The molecule has 150 valence electrons. The largest absolute Gasteiger partial charge is 0.451 e. The number of ether oxygens (including phenoxy) is 1. The smallest absolute Gasteiger partial charge is 0.337 e. The second kappa shape index (κ2) is 9.20. The van der Waals surface area contributed by atoms with Crippen molar-refractivity contribution in [3.05, 3.63) is 120 Å². The van der Waals surface area contributed by atoms with Gasteiger partial charge >= 0.3 is 5.97 Å². The van der Waals surface area contributed by atoms with Crippen molar-refractivity contribution in [2.75, 3.05) is 6.61 Å². The van der Waals surface area contributed by atoms with Crippen molar-refractivity contribution >= 4 is 11.9 Å². The first-order valence-electron chi connectivity index (χ1n) is 9.72. The molecule has 30 heavy (non-hydrogen) atoms. The summed E-state index contributed by atoms with van der Waals surface area (Å²) in [6, 6.07) is 27.1. The molecule has 1 heterocycles. The van der Waals surface area contributed by atoms with Gasteiger partial charge in [-0.1, -0.05) is 97.1 Å². The first-order valence-corrected chi connectivity index (χ1v) is 9.72. The Morgan fingerprint density at radius 2 is 1.30 bits per heavy atom. The van der Waals surface area contributed by atoms with E-state index in [-0.39, 0.29) is 6.61 Å². The van der Waals surface area contributed by atoms with Gasteiger partial charge in [-0.3, -0.25) is 9.63 Å². The minimum Gasteiger partial charge on any atom is -0.451 e. The number of hydroxylamine groups is 2. The fraction of sp³-hybridized carbons (Fsp3) is 0.120. The van der Waals surface area contributed by atoms with Crippen molar-refractivity contribution in [1.29, 1.82) is 0 Å². The third-order valence-electron chi connectivity index (χ3n) is 4.80. The van der Waals surface area contributed by atoms with Crippen molar-refractivity contribution < 1.29 is 19.2 Å². The molecule has 5 nitrogen and oxygen atoms in total. The molecule has 0 spiro atoms. The molecule has 3 aromatic rings. The molecular formula is C25H21NO4. The molecule has 0 radical (unpaired) electrons. The Balaban J connectivity index is 1.69. The number of amides is 1. The van der Waals surface area contributed by atoms with Gasteiger partial charge in [-0.2, -0.15) is 5.06 Å². The molecule has 5 heteroatoms. The lowest BCUT2D eigenvalue weighted by Gasteiger charge is -2.31. The predicted molar refractivity (Wildman–Crippen MR) is 112 cm³/mol. The number of carbonyl (C=O) groups excluding carboxylic acids is 2. The summed E-state index contributed by atoms with van der Waals surface area (Å²) in [5.41, 5.74) is 2.30. The Morgan fingerprint density at radius 1 is 0.800 bits per heavy atom. The zero-order chi connectivity index (χ0) is 20.8. The van der Waals surface area contributed by atoms with Gasteiger partial charge in [-0.15, -0.1) is 0 Å². The molecule has 0 bridgehead atoms. The van der Waals surface area contributed by atoms with Crippen LogP contribution in [0.4, 0.5) is 0 Å². The van der Waals surface area contributed by atoms with Crippen molar-refractivity contribution in [2.24, 2.45) is 0 Å². The van der Waals surface area contributed by atoms with Gasteiger partial charge in [-0.05, 0) is 16.7 Å². The maximum Gasteiger partial charge on any atom is 0.337 e. The molecule has 1 aliphatic rings. The van der Waals surface area contributed by atoms with Crippen LogP contribution in [0.25, 0.3) is 0 Å². The molecule has 3 aromatic carbocycles. The van der Waals surface area contributed by atoms with Crippen LogP contribution in [-0.4, -0.2) is 23.5 Å². The minimum absolute atomic E-state index is 0.211. The van der Waals surface area contributed by atoms with Crippen molar-refractivity contribution in [2.45, 2.75) is 12.1 Å². The van der Waals surface area contributed by atoms with E-state index >= 15 is 0 Å². The summed E-state index contributed by atoms with van der Waals surface area (Å²) in [4.78, 5) is 31.4. The third kappa shape index (κ3) is 4.31. The van der Waals surface area contributed by atoms with Crippen LogP contribution in [-0.2, 0) is 19.2 Å². The Bertz CT molecular complexity index is 979. The standard InChI is InChI=1S/C25H21NO4/c27-22-17-10-18-29-26(22)23(19-11-4-1-5-12-19)25(28)30-24(20-13-6-2-7-14-20)21-15-8-3-9-16-21/h1-17,23-24H,18H2/t23-/m1/s1. The van der Waals surface area contributed by atoms with Crippen LogP contribution in [0.15, 0.2) is 103 Å². The molecule has 0 fully saturated rings. The van der Waals surface area contributed by atoms with E-state index in [2.05, 4.69) is 0 Å². The number of hydrogen-bond donors (Lipinski definition) is 0. The van der Waals surface area contributed by atoms with E-state index in [0.717, 1.165) is 16.2 Å². The molecule has 0 saturated heterocycles. The number of esters is 1. The number of rotatable bonds is 6. The summed E-state index contributed by atoms with van der Waals surface area (Å²) in [5.74, 6) is -0.967. The molecule has 0 aliphatic carbocycles. The Hall–Kier alpha value is -3.70. The van der Waals surface area contributed by atoms with Gasteiger partial charge in [0.2, 0.25) is 0 Å². The fourth-order valence-electron chi connectivity index (χ4n) is 3.38.